The molecule has 0 radical (unpaired) electrons. The zero-order valence-corrected chi connectivity index (χ0v) is 11.6. The number of rotatable bonds is 4. The fourth-order valence-corrected chi connectivity index (χ4v) is 1.69. The fourth-order valence-electron chi connectivity index (χ4n) is 1.45. The predicted octanol–water partition coefficient (Wildman–Crippen LogP) is 3.45. The number of carbonyl (C=O) groups excluding carboxylic acids is 1. The molecule has 0 saturated heterocycles. The zero-order chi connectivity index (χ0) is 17.1. The quantitative estimate of drug-likeness (QED) is 0.473. The van der Waals surface area contributed by atoms with Crippen molar-refractivity contribution in [1.29, 1.82) is 0 Å². The Hall–Kier alpha value is -1.71. The van der Waals surface area contributed by atoms with Crippen LogP contribution in [0.2, 0.25) is 0 Å². The molecule has 0 spiro atoms. The second kappa shape index (κ2) is 6.59. The Morgan fingerprint density at radius 3 is 2.27 bits per heavy atom. The van der Waals surface area contributed by atoms with Gasteiger partial charge in [-0.05, 0) is 11.6 Å². The number of aromatic nitrogens is 1. The van der Waals surface area contributed by atoms with E-state index in [-0.39, 0.29) is 5.56 Å². The summed E-state index contributed by atoms with van der Waals surface area (Å²) in [6.07, 6.45) is -11.2. The molecule has 1 rings (SSSR count). The monoisotopic (exact) mass is 351 g/mol. The van der Waals surface area contributed by atoms with E-state index in [0.29, 0.717) is 6.07 Å². The lowest BCUT2D eigenvalue weighted by atomic mass is 10.1. The Morgan fingerprint density at radius 1 is 1.27 bits per heavy atom. The van der Waals surface area contributed by atoms with Crippen molar-refractivity contribution in [2.24, 2.45) is 0 Å². The number of hydrogen-bond acceptors (Lipinski definition) is 4. The Bertz CT molecular complexity index is 558. The fraction of sp³-hybridized carbons (Fsp3) is 0.455. The van der Waals surface area contributed by atoms with Gasteiger partial charge in [-0.3, -0.25) is 4.79 Å². The van der Waals surface area contributed by atoms with E-state index >= 15 is 0 Å². The average Bonchev–Trinajstić information content (AvgIpc) is 2.36. The highest BCUT2D eigenvalue weighted by atomic mass is 35.5. The molecule has 1 heterocycles. The number of esters is 1. The standard InChI is InChI=1S/C11H8ClF6NO3/c1-21-8(20)3-6-5(4-12)2-7(22-11(16,17)18)9(19-6)10(13,14)15/h2H,3-4H2,1H3. The molecule has 124 valence electrons. The third-order valence-corrected chi connectivity index (χ3v) is 2.62. The van der Waals surface area contributed by atoms with E-state index in [0.717, 1.165) is 7.11 Å². The molecular weight excluding hydrogens is 344 g/mol. The van der Waals surface area contributed by atoms with Crippen LogP contribution in [0.1, 0.15) is 17.0 Å². The predicted molar refractivity (Wildman–Crippen MR) is 61.2 cm³/mol. The molecule has 0 atom stereocenters. The SMILES string of the molecule is COC(=O)Cc1nc(C(F)(F)F)c(OC(F)(F)F)cc1CCl. The molecule has 4 nitrogen and oxygen atoms in total. The molecule has 22 heavy (non-hydrogen) atoms. The van der Waals surface area contributed by atoms with E-state index in [1.54, 1.807) is 0 Å². The third-order valence-electron chi connectivity index (χ3n) is 2.33. The third kappa shape index (κ3) is 4.93. The van der Waals surface area contributed by atoms with Crippen LogP contribution in [0.4, 0.5) is 26.3 Å². The summed E-state index contributed by atoms with van der Waals surface area (Å²) < 4.78 is 82.6. The van der Waals surface area contributed by atoms with Gasteiger partial charge in [-0.2, -0.15) is 13.2 Å². The maximum absolute atomic E-state index is 12.8. The summed E-state index contributed by atoms with van der Waals surface area (Å²) in [5, 5.41) is 0. The van der Waals surface area contributed by atoms with Crippen molar-refractivity contribution in [3.05, 3.63) is 23.0 Å². The molecule has 0 bridgehead atoms. The molecule has 0 unspecified atom stereocenters. The molecular formula is C11H8ClF6NO3. The summed E-state index contributed by atoms with van der Waals surface area (Å²) in [6, 6.07) is 0.453. The van der Waals surface area contributed by atoms with Crippen LogP contribution in [-0.4, -0.2) is 24.4 Å². The molecule has 0 saturated carbocycles. The molecule has 0 amide bonds. The minimum Gasteiger partial charge on any atom is -0.469 e. The lowest BCUT2D eigenvalue weighted by Gasteiger charge is -2.17. The molecule has 0 aliphatic rings. The van der Waals surface area contributed by atoms with Gasteiger partial charge in [0.25, 0.3) is 0 Å². The van der Waals surface area contributed by atoms with Crippen LogP contribution in [-0.2, 0) is 28.0 Å². The number of methoxy groups -OCH3 is 1. The van der Waals surface area contributed by atoms with E-state index in [1.807, 2.05) is 0 Å². The van der Waals surface area contributed by atoms with Crippen molar-refractivity contribution >= 4 is 17.6 Å². The number of ether oxygens (including phenoxy) is 2. The highest BCUT2D eigenvalue weighted by Crippen LogP contribution is 2.38. The first-order valence-electron chi connectivity index (χ1n) is 5.46. The van der Waals surface area contributed by atoms with E-state index in [1.165, 1.54) is 0 Å². The lowest BCUT2D eigenvalue weighted by molar-refractivity contribution is -0.276. The molecule has 0 aliphatic carbocycles. The molecule has 11 heteroatoms. The van der Waals surface area contributed by atoms with Crippen LogP contribution in [0.3, 0.4) is 0 Å². The van der Waals surface area contributed by atoms with Crippen molar-refractivity contribution in [1.82, 2.24) is 4.98 Å². The normalized spacial score (nSPS) is 12.2. The second-order valence-electron chi connectivity index (χ2n) is 3.87. The van der Waals surface area contributed by atoms with E-state index in [2.05, 4.69) is 14.5 Å². The van der Waals surface area contributed by atoms with Gasteiger partial charge in [-0.15, -0.1) is 24.8 Å². The van der Waals surface area contributed by atoms with Crippen molar-refractivity contribution in [2.45, 2.75) is 24.8 Å². The molecule has 0 aliphatic heterocycles. The minimum absolute atomic E-state index is 0.209. The van der Waals surface area contributed by atoms with Gasteiger partial charge in [-0.25, -0.2) is 4.98 Å². The van der Waals surface area contributed by atoms with Crippen LogP contribution in [0, 0.1) is 0 Å². The Kier molecular flexibility index (Phi) is 5.49. The molecule has 0 N–H and O–H groups in total. The largest absolute Gasteiger partial charge is 0.573 e. The molecule has 0 aromatic carbocycles. The Morgan fingerprint density at radius 2 is 1.86 bits per heavy atom. The molecule has 1 aromatic heterocycles. The van der Waals surface area contributed by atoms with Gasteiger partial charge in [0.15, 0.2) is 11.4 Å². The first-order chi connectivity index (χ1) is 9.97. The average molecular weight is 352 g/mol. The van der Waals surface area contributed by atoms with Crippen molar-refractivity contribution in [2.75, 3.05) is 7.11 Å². The maximum atomic E-state index is 12.8. The summed E-state index contributed by atoms with van der Waals surface area (Å²) in [4.78, 5) is 14.2. The maximum Gasteiger partial charge on any atom is 0.573 e. The van der Waals surface area contributed by atoms with E-state index < -0.39 is 47.9 Å². The van der Waals surface area contributed by atoms with Gasteiger partial charge in [0.2, 0.25) is 0 Å². The van der Waals surface area contributed by atoms with Gasteiger partial charge < -0.3 is 9.47 Å². The van der Waals surface area contributed by atoms with Crippen LogP contribution in [0.25, 0.3) is 0 Å². The van der Waals surface area contributed by atoms with Crippen LogP contribution >= 0.6 is 11.6 Å². The number of alkyl halides is 7. The van der Waals surface area contributed by atoms with Gasteiger partial charge in [-0.1, -0.05) is 0 Å². The van der Waals surface area contributed by atoms with Crippen molar-refractivity contribution in [3.63, 3.8) is 0 Å². The summed E-state index contributed by atoms with van der Waals surface area (Å²) in [7, 11) is 0.995. The van der Waals surface area contributed by atoms with Gasteiger partial charge in [0.05, 0.1) is 19.2 Å². The Balaban J connectivity index is 3.42. The number of nitrogens with zero attached hydrogens (tertiary/aromatic N) is 1. The number of hydrogen-bond donors (Lipinski definition) is 0. The summed E-state index contributed by atoms with van der Waals surface area (Å²) >= 11 is 5.46. The van der Waals surface area contributed by atoms with Gasteiger partial charge >= 0.3 is 18.5 Å². The summed E-state index contributed by atoms with van der Waals surface area (Å²) in [5.74, 6) is -2.92. The topological polar surface area (TPSA) is 48.4 Å². The number of halogens is 7. The van der Waals surface area contributed by atoms with Crippen molar-refractivity contribution in [3.8, 4) is 5.75 Å². The zero-order valence-electron chi connectivity index (χ0n) is 10.8. The summed E-state index contributed by atoms with van der Waals surface area (Å²) in [5.41, 5.74) is -2.55. The molecule has 1 aromatic rings. The summed E-state index contributed by atoms with van der Waals surface area (Å²) in [6.45, 7) is 0. The lowest BCUT2D eigenvalue weighted by Crippen LogP contribution is -2.22. The first-order valence-corrected chi connectivity index (χ1v) is 6.00. The van der Waals surface area contributed by atoms with Gasteiger partial charge in [0.1, 0.15) is 0 Å². The minimum atomic E-state index is -5.34. The van der Waals surface area contributed by atoms with Gasteiger partial charge in [0, 0.05) is 5.88 Å². The smallest absolute Gasteiger partial charge is 0.469 e. The van der Waals surface area contributed by atoms with Crippen LogP contribution < -0.4 is 4.74 Å². The van der Waals surface area contributed by atoms with Crippen molar-refractivity contribution < 1.29 is 40.6 Å². The van der Waals surface area contributed by atoms with E-state index in [4.69, 9.17) is 11.6 Å². The molecule has 0 fully saturated rings. The highest BCUT2D eigenvalue weighted by molar-refractivity contribution is 6.17. The number of pyridine rings is 1. The first kappa shape index (κ1) is 18.3. The number of carbonyl (C=O) groups is 1. The Labute approximate surface area is 125 Å². The second-order valence-corrected chi connectivity index (χ2v) is 4.14. The van der Waals surface area contributed by atoms with E-state index in [9.17, 15) is 31.1 Å². The van der Waals surface area contributed by atoms with Crippen LogP contribution in [0.15, 0.2) is 6.07 Å². The highest BCUT2D eigenvalue weighted by Gasteiger charge is 2.41. The van der Waals surface area contributed by atoms with Crippen LogP contribution in [0.5, 0.6) is 5.75 Å².